The van der Waals surface area contributed by atoms with Crippen molar-refractivity contribution in [1.82, 2.24) is 4.90 Å². The fourth-order valence-electron chi connectivity index (χ4n) is 3.54. The Morgan fingerprint density at radius 3 is 2.48 bits per heavy atom. The largest absolute Gasteiger partial charge is 0.497 e. The summed E-state index contributed by atoms with van der Waals surface area (Å²) in [6.45, 7) is 3.04. The summed E-state index contributed by atoms with van der Waals surface area (Å²) >= 11 is 0. The van der Waals surface area contributed by atoms with E-state index >= 15 is 0 Å². The van der Waals surface area contributed by atoms with Crippen LogP contribution in [0.1, 0.15) is 18.4 Å². The first-order valence-electron chi connectivity index (χ1n) is 10.1. The third-order valence-corrected chi connectivity index (χ3v) is 5.02. The molecule has 0 aliphatic carbocycles. The van der Waals surface area contributed by atoms with Crippen molar-refractivity contribution in [3.05, 3.63) is 54.1 Å². The highest BCUT2D eigenvalue weighted by atomic mass is 16.5. The smallest absolute Gasteiger partial charge is 0.161 e. The molecular weight excluding hydrogens is 370 g/mol. The fourth-order valence-corrected chi connectivity index (χ4v) is 3.54. The van der Waals surface area contributed by atoms with Gasteiger partial charge in [0.1, 0.15) is 18.5 Å². The van der Waals surface area contributed by atoms with E-state index in [1.165, 1.54) is 5.56 Å². The van der Waals surface area contributed by atoms with E-state index in [0.717, 1.165) is 38.3 Å². The molecule has 0 radical (unpaired) electrons. The van der Waals surface area contributed by atoms with Crippen molar-refractivity contribution in [3.8, 4) is 17.2 Å². The normalized spacial score (nSPS) is 17.3. The number of aliphatic hydroxyl groups excluding tert-OH is 1. The summed E-state index contributed by atoms with van der Waals surface area (Å²) < 4.78 is 22.1. The molecule has 2 unspecified atom stereocenters. The molecule has 29 heavy (non-hydrogen) atoms. The Labute approximate surface area is 173 Å². The summed E-state index contributed by atoms with van der Waals surface area (Å²) in [6.07, 6.45) is 1.75. The zero-order valence-electron chi connectivity index (χ0n) is 17.3. The maximum Gasteiger partial charge on any atom is 0.161 e. The first kappa shape index (κ1) is 21.4. The van der Waals surface area contributed by atoms with Gasteiger partial charge in [0.15, 0.2) is 11.5 Å². The lowest BCUT2D eigenvalue weighted by Gasteiger charge is -2.27. The molecule has 1 N–H and O–H groups in total. The van der Waals surface area contributed by atoms with E-state index in [9.17, 15) is 5.11 Å². The molecule has 158 valence electrons. The van der Waals surface area contributed by atoms with Crippen LogP contribution < -0.4 is 14.2 Å². The molecule has 6 heteroatoms. The molecule has 0 aromatic heterocycles. The number of rotatable bonds is 11. The van der Waals surface area contributed by atoms with E-state index in [4.69, 9.17) is 18.9 Å². The average molecular weight is 402 g/mol. The van der Waals surface area contributed by atoms with E-state index in [-0.39, 0.29) is 12.7 Å². The Bertz CT molecular complexity index is 730. The summed E-state index contributed by atoms with van der Waals surface area (Å²) in [5.74, 6) is 2.13. The molecule has 1 saturated heterocycles. The highest BCUT2D eigenvalue weighted by Gasteiger charge is 2.21. The third-order valence-electron chi connectivity index (χ3n) is 5.02. The molecule has 0 amide bonds. The van der Waals surface area contributed by atoms with Crippen molar-refractivity contribution in [3.63, 3.8) is 0 Å². The number of para-hydroxylation sites is 2. The summed E-state index contributed by atoms with van der Waals surface area (Å²) in [4.78, 5) is 2.23. The van der Waals surface area contributed by atoms with E-state index in [0.29, 0.717) is 18.0 Å². The lowest BCUT2D eigenvalue weighted by molar-refractivity contribution is 0.0310. The Morgan fingerprint density at radius 2 is 1.83 bits per heavy atom. The maximum absolute atomic E-state index is 10.6. The Morgan fingerprint density at radius 1 is 1.07 bits per heavy atom. The minimum Gasteiger partial charge on any atom is -0.497 e. The van der Waals surface area contributed by atoms with Crippen LogP contribution in [0.2, 0.25) is 0 Å². The van der Waals surface area contributed by atoms with Crippen LogP contribution in [0.3, 0.4) is 0 Å². The number of methoxy groups -OCH3 is 2. The van der Waals surface area contributed by atoms with Gasteiger partial charge >= 0.3 is 0 Å². The number of hydrogen-bond donors (Lipinski definition) is 1. The van der Waals surface area contributed by atoms with Gasteiger partial charge in [-0.3, -0.25) is 4.90 Å². The molecule has 1 aliphatic rings. The molecule has 1 fully saturated rings. The molecule has 6 nitrogen and oxygen atoms in total. The highest BCUT2D eigenvalue weighted by Crippen LogP contribution is 2.26. The second kappa shape index (κ2) is 11.0. The molecule has 0 bridgehead atoms. The van der Waals surface area contributed by atoms with Crippen molar-refractivity contribution < 1.29 is 24.1 Å². The van der Waals surface area contributed by atoms with Crippen LogP contribution in [0.4, 0.5) is 0 Å². The number of hydrogen-bond acceptors (Lipinski definition) is 6. The Kier molecular flexibility index (Phi) is 8.16. The van der Waals surface area contributed by atoms with Crippen LogP contribution in [0.25, 0.3) is 0 Å². The van der Waals surface area contributed by atoms with Crippen LogP contribution in [0.15, 0.2) is 48.5 Å². The second-order valence-corrected chi connectivity index (χ2v) is 7.29. The summed E-state index contributed by atoms with van der Waals surface area (Å²) in [6, 6.07) is 15.5. The van der Waals surface area contributed by atoms with Gasteiger partial charge in [-0.2, -0.15) is 0 Å². The quantitative estimate of drug-likeness (QED) is 0.624. The topological polar surface area (TPSA) is 60.4 Å². The van der Waals surface area contributed by atoms with Crippen molar-refractivity contribution in [1.29, 1.82) is 0 Å². The van der Waals surface area contributed by atoms with Gasteiger partial charge in [0.25, 0.3) is 0 Å². The number of nitrogens with zero attached hydrogens (tertiary/aromatic N) is 1. The van der Waals surface area contributed by atoms with E-state index < -0.39 is 6.10 Å². The van der Waals surface area contributed by atoms with Gasteiger partial charge in [-0.25, -0.2) is 0 Å². The molecule has 0 spiro atoms. The number of ether oxygens (including phenoxy) is 4. The third kappa shape index (κ3) is 6.63. The zero-order valence-corrected chi connectivity index (χ0v) is 17.3. The summed E-state index contributed by atoms with van der Waals surface area (Å²) in [5.41, 5.74) is 1.17. The molecule has 3 rings (SSSR count). The van der Waals surface area contributed by atoms with Gasteiger partial charge < -0.3 is 24.1 Å². The minimum absolute atomic E-state index is 0.199. The Balaban J connectivity index is 1.58. The zero-order chi connectivity index (χ0) is 20.5. The van der Waals surface area contributed by atoms with Crippen LogP contribution in [-0.2, 0) is 11.3 Å². The molecule has 1 aliphatic heterocycles. The van der Waals surface area contributed by atoms with Gasteiger partial charge in [-0.1, -0.05) is 24.3 Å². The minimum atomic E-state index is -0.625. The van der Waals surface area contributed by atoms with Gasteiger partial charge in [-0.15, -0.1) is 0 Å². The van der Waals surface area contributed by atoms with Crippen molar-refractivity contribution >= 4 is 0 Å². The Hall–Kier alpha value is -2.28. The molecular formula is C23H31NO5. The van der Waals surface area contributed by atoms with Crippen LogP contribution in [0, 0.1) is 0 Å². The van der Waals surface area contributed by atoms with E-state index in [2.05, 4.69) is 17.0 Å². The van der Waals surface area contributed by atoms with Gasteiger partial charge in [0, 0.05) is 26.2 Å². The van der Waals surface area contributed by atoms with Crippen molar-refractivity contribution in [2.24, 2.45) is 0 Å². The molecule has 0 saturated carbocycles. The molecule has 2 aromatic carbocycles. The van der Waals surface area contributed by atoms with E-state index in [1.807, 2.05) is 36.4 Å². The summed E-state index contributed by atoms with van der Waals surface area (Å²) in [7, 11) is 3.27. The number of aliphatic hydroxyl groups is 1. The van der Waals surface area contributed by atoms with Crippen LogP contribution >= 0.6 is 0 Å². The van der Waals surface area contributed by atoms with Gasteiger partial charge in [-0.05, 0) is 42.7 Å². The predicted molar refractivity (Wildman–Crippen MR) is 112 cm³/mol. The average Bonchev–Trinajstić information content (AvgIpc) is 3.26. The fraction of sp³-hybridized carbons (Fsp3) is 0.478. The van der Waals surface area contributed by atoms with Gasteiger partial charge in [0.2, 0.25) is 0 Å². The molecule has 2 atom stereocenters. The SMILES string of the molecule is COc1ccc(CN(CC(O)COc2ccccc2OC)CC2CCCO2)cc1. The number of benzene rings is 2. The maximum atomic E-state index is 10.6. The highest BCUT2D eigenvalue weighted by molar-refractivity contribution is 5.39. The lowest BCUT2D eigenvalue weighted by atomic mass is 10.1. The van der Waals surface area contributed by atoms with Crippen LogP contribution in [-0.4, -0.2) is 62.7 Å². The lowest BCUT2D eigenvalue weighted by Crippen LogP contribution is -2.39. The summed E-state index contributed by atoms with van der Waals surface area (Å²) in [5, 5.41) is 10.6. The van der Waals surface area contributed by atoms with Crippen molar-refractivity contribution in [2.45, 2.75) is 31.6 Å². The van der Waals surface area contributed by atoms with Gasteiger partial charge in [0.05, 0.1) is 20.3 Å². The second-order valence-electron chi connectivity index (χ2n) is 7.29. The molecule has 2 aromatic rings. The van der Waals surface area contributed by atoms with E-state index in [1.54, 1.807) is 14.2 Å². The predicted octanol–water partition coefficient (Wildman–Crippen LogP) is 3.12. The standard InChI is InChI=1S/C23H31NO5/c1-26-20-11-9-18(10-12-20)14-24(16-21-6-5-13-28-21)15-19(25)17-29-23-8-4-3-7-22(23)27-2/h3-4,7-12,19,21,25H,5-6,13-17H2,1-2H3. The van der Waals surface area contributed by atoms with Crippen LogP contribution in [0.5, 0.6) is 17.2 Å². The van der Waals surface area contributed by atoms with Crippen molar-refractivity contribution in [2.75, 3.05) is 40.5 Å². The first-order valence-corrected chi connectivity index (χ1v) is 10.1. The monoisotopic (exact) mass is 401 g/mol. The first-order chi connectivity index (χ1) is 14.2. The molecule has 1 heterocycles.